The molecule has 6 heteroatoms. The first-order chi connectivity index (χ1) is 9.95. The Labute approximate surface area is 130 Å². The van der Waals surface area contributed by atoms with Gasteiger partial charge < -0.3 is 20.5 Å². The molecule has 0 saturated heterocycles. The summed E-state index contributed by atoms with van der Waals surface area (Å²) >= 11 is 4.95. The summed E-state index contributed by atoms with van der Waals surface area (Å²) in [4.78, 5) is 12.2. The van der Waals surface area contributed by atoms with Gasteiger partial charge in [-0.2, -0.15) is 0 Å². The van der Waals surface area contributed by atoms with Crippen molar-refractivity contribution in [3.63, 3.8) is 0 Å². The average Bonchev–Trinajstić information content (AvgIpc) is 2.44. The molecule has 116 valence electrons. The second-order valence-corrected chi connectivity index (χ2v) is 5.46. The molecule has 0 radical (unpaired) electrons. The zero-order valence-corrected chi connectivity index (χ0v) is 13.4. The molecule has 0 fully saturated rings. The van der Waals surface area contributed by atoms with Crippen LogP contribution in [0.3, 0.4) is 0 Å². The Kier molecular flexibility index (Phi) is 7.11. The molecule has 0 aliphatic heterocycles. The smallest absolute Gasteiger partial charge is 0.258 e. The minimum absolute atomic E-state index is 0.0445. The lowest BCUT2D eigenvalue weighted by molar-refractivity contribution is -0.124. The highest BCUT2D eigenvalue weighted by atomic mass is 32.1. The molecule has 1 aromatic carbocycles. The second kappa shape index (κ2) is 8.59. The number of para-hydroxylation sites is 1. The molecule has 21 heavy (non-hydrogen) atoms. The fourth-order valence-corrected chi connectivity index (χ4v) is 1.94. The van der Waals surface area contributed by atoms with E-state index in [1.807, 2.05) is 19.9 Å². The molecule has 3 N–H and O–H groups in total. The van der Waals surface area contributed by atoms with Crippen molar-refractivity contribution in [1.82, 2.24) is 5.32 Å². The van der Waals surface area contributed by atoms with Crippen molar-refractivity contribution in [1.29, 1.82) is 0 Å². The molecule has 1 aromatic rings. The van der Waals surface area contributed by atoms with Crippen LogP contribution < -0.4 is 15.8 Å². The number of rotatable bonds is 8. The van der Waals surface area contributed by atoms with Crippen LogP contribution in [0.25, 0.3) is 0 Å². The first kappa shape index (κ1) is 17.4. The van der Waals surface area contributed by atoms with E-state index in [1.165, 1.54) is 0 Å². The molecule has 1 unspecified atom stereocenters. The number of methoxy groups -OCH3 is 1. The molecule has 0 bridgehead atoms. The number of amides is 1. The molecule has 0 aliphatic rings. The van der Waals surface area contributed by atoms with E-state index in [2.05, 4.69) is 5.32 Å². The molecule has 0 spiro atoms. The standard InChI is InChI=1S/C15H22N2O3S/c1-10(2)12(8-19-3)17-14(18)9-20-13-7-5-4-6-11(13)15(16)21/h4-7,10,12H,8-9H2,1-3H3,(H2,16,21)(H,17,18). The van der Waals surface area contributed by atoms with Crippen molar-refractivity contribution >= 4 is 23.1 Å². The number of nitrogens with one attached hydrogen (secondary N) is 1. The Morgan fingerprint density at radius 3 is 2.62 bits per heavy atom. The van der Waals surface area contributed by atoms with Crippen LogP contribution in [-0.4, -0.2) is 37.3 Å². The van der Waals surface area contributed by atoms with E-state index in [-0.39, 0.29) is 29.5 Å². The highest BCUT2D eigenvalue weighted by Gasteiger charge is 2.16. The molecule has 5 nitrogen and oxygen atoms in total. The van der Waals surface area contributed by atoms with Gasteiger partial charge >= 0.3 is 0 Å². The van der Waals surface area contributed by atoms with Crippen LogP contribution in [0.5, 0.6) is 5.75 Å². The minimum atomic E-state index is -0.205. The Bertz CT molecular complexity index is 492. The van der Waals surface area contributed by atoms with E-state index in [9.17, 15) is 4.79 Å². The van der Waals surface area contributed by atoms with Crippen LogP contribution in [0.1, 0.15) is 19.4 Å². The second-order valence-electron chi connectivity index (χ2n) is 5.02. The number of nitrogens with two attached hydrogens (primary N) is 1. The third-order valence-electron chi connectivity index (χ3n) is 3.01. The summed E-state index contributed by atoms with van der Waals surface area (Å²) in [5, 5.41) is 2.88. The first-order valence-corrected chi connectivity index (χ1v) is 7.16. The minimum Gasteiger partial charge on any atom is -0.483 e. The molecule has 0 aromatic heterocycles. The van der Waals surface area contributed by atoms with Gasteiger partial charge in [0.1, 0.15) is 10.7 Å². The molecule has 0 saturated carbocycles. The molecular weight excluding hydrogens is 288 g/mol. The maximum Gasteiger partial charge on any atom is 0.258 e. The average molecular weight is 310 g/mol. The predicted molar refractivity (Wildman–Crippen MR) is 86.5 cm³/mol. The molecule has 1 amide bonds. The summed E-state index contributed by atoms with van der Waals surface area (Å²) < 4.78 is 10.6. The van der Waals surface area contributed by atoms with Gasteiger partial charge in [0.25, 0.3) is 5.91 Å². The largest absolute Gasteiger partial charge is 0.483 e. The maximum atomic E-state index is 11.9. The lowest BCUT2D eigenvalue weighted by Crippen LogP contribution is -2.43. The Balaban J connectivity index is 2.59. The van der Waals surface area contributed by atoms with Crippen molar-refractivity contribution in [2.45, 2.75) is 19.9 Å². The van der Waals surface area contributed by atoms with Gasteiger partial charge in [0.15, 0.2) is 6.61 Å². The Morgan fingerprint density at radius 2 is 2.05 bits per heavy atom. The fraction of sp³-hybridized carbons (Fsp3) is 0.467. The highest BCUT2D eigenvalue weighted by Crippen LogP contribution is 2.17. The number of ether oxygens (including phenoxy) is 2. The summed E-state index contributed by atoms with van der Waals surface area (Å²) in [5.74, 6) is 0.578. The van der Waals surface area contributed by atoms with Crippen LogP contribution in [0.15, 0.2) is 24.3 Å². The van der Waals surface area contributed by atoms with Gasteiger partial charge in [-0.3, -0.25) is 4.79 Å². The van der Waals surface area contributed by atoms with Crippen molar-refractivity contribution < 1.29 is 14.3 Å². The van der Waals surface area contributed by atoms with Crippen LogP contribution in [0.4, 0.5) is 0 Å². The monoisotopic (exact) mass is 310 g/mol. The van der Waals surface area contributed by atoms with E-state index in [1.54, 1.807) is 25.3 Å². The summed E-state index contributed by atoms with van der Waals surface area (Å²) in [6.45, 7) is 4.42. The van der Waals surface area contributed by atoms with Crippen molar-refractivity contribution in [3.05, 3.63) is 29.8 Å². The maximum absolute atomic E-state index is 11.9. The SMILES string of the molecule is COCC(NC(=O)COc1ccccc1C(N)=S)C(C)C. The topological polar surface area (TPSA) is 73.6 Å². The molecule has 0 aliphatic carbocycles. The third-order valence-corrected chi connectivity index (χ3v) is 3.23. The lowest BCUT2D eigenvalue weighted by Gasteiger charge is -2.21. The van der Waals surface area contributed by atoms with Gasteiger partial charge in [0, 0.05) is 7.11 Å². The van der Waals surface area contributed by atoms with Crippen LogP contribution in [0.2, 0.25) is 0 Å². The number of benzene rings is 1. The normalized spacial score (nSPS) is 12.0. The zero-order valence-electron chi connectivity index (χ0n) is 12.6. The van der Waals surface area contributed by atoms with E-state index in [4.69, 9.17) is 27.4 Å². The van der Waals surface area contributed by atoms with Crippen molar-refractivity contribution in [3.8, 4) is 5.75 Å². The van der Waals surface area contributed by atoms with Crippen LogP contribution in [-0.2, 0) is 9.53 Å². The zero-order chi connectivity index (χ0) is 15.8. The summed E-state index contributed by atoms with van der Waals surface area (Å²) in [5.41, 5.74) is 6.24. The quantitative estimate of drug-likeness (QED) is 0.712. The molecule has 1 rings (SSSR count). The number of carbonyl (C=O) groups excluding carboxylic acids is 1. The van der Waals surface area contributed by atoms with Crippen molar-refractivity contribution in [2.24, 2.45) is 11.7 Å². The van der Waals surface area contributed by atoms with Gasteiger partial charge in [0.05, 0.1) is 18.2 Å². The van der Waals surface area contributed by atoms with Gasteiger partial charge in [-0.05, 0) is 18.1 Å². The number of hydrogen-bond donors (Lipinski definition) is 2. The van der Waals surface area contributed by atoms with Gasteiger partial charge in [-0.25, -0.2) is 0 Å². The lowest BCUT2D eigenvalue weighted by atomic mass is 10.1. The predicted octanol–water partition coefficient (Wildman–Crippen LogP) is 1.49. The third kappa shape index (κ3) is 5.69. The van der Waals surface area contributed by atoms with Gasteiger partial charge in [-0.1, -0.05) is 38.2 Å². The van der Waals surface area contributed by atoms with E-state index >= 15 is 0 Å². The Hall–Kier alpha value is -1.66. The number of hydrogen-bond acceptors (Lipinski definition) is 4. The fourth-order valence-electron chi connectivity index (χ4n) is 1.77. The molecule has 0 heterocycles. The van der Waals surface area contributed by atoms with E-state index < -0.39 is 0 Å². The highest BCUT2D eigenvalue weighted by molar-refractivity contribution is 7.80. The van der Waals surface area contributed by atoms with E-state index in [0.717, 1.165) is 0 Å². The van der Waals surface area contributed by atoms with Crippen LogP contribution in [0, 0.1) is 5.92 Å². The van der Waals surface area contributed by atoms with Crippen molar-refractivity contribution in [2.75, 3.05) is 20.3 Å². The number of carbonyl (C=O) groups is 1. The van der Waals surface area contributed by atoms with Gasteiger partial charge in [0.2, 0.25) is 0 Å². The summed E-state index contributed by atoms with van der Waals surface area (Å²) in [6, 6.07) is 7.07. The molecular formula is C15H22N2O3S. The van der Waals surface area contributed by atoms with Gasteiger partial charge in [-0.15, -0.1) is 0 Å². The van der Waals surface area contributed by atoms with E-state index in [0.29, 0.717) is 17.9 Å². The summed E-state index contributed by atoms with van der Waals surface area (Å²) in [6.07, 6.45) is 0. The summed E-state index contributed by atoms with van der Waals surface area (Å²) in [7, 11) is 1.61. The Morgan fingerprint density at radius 1 is 1.38 bits per heavy atom. The first-order valence-electron chi connectivity index (χ1n) is 6.75. The number of thiocarbonyl (C=S) groups is 1. The molecule has 1 atom stereocenters. The van der Waals surface area contributed by atoms with Crippen LogP contribution >= 0.6 is 12.2 Å².